The molecule has 1 spiro atoms. The fourth-order valence-electron chi connectivity index (χ4n) is 4.22. The molecule has 0 aromatic heterocycles. The van der Waals surface area contributed by atoms with Crippen LogP contribution in [0.4, 0.5) is 0 Å². The lowest BCUT2D eigenvalue weighted by Gasteiger charge is -2.43. The number of carboxylic acids is 1. The van der Waals surface area contributed by atoms with Crippen LogP contribution >= 0.6 is 0 Å². The summed E-state index contributed by atoms with van der Waals surface area (Å²) in [5, 5.41) is 36.9. The Labute approximate surface area is 164 Å². The number of ether oxygens (including phenoxy) is 1. The number of benzene rings is 1. The Morgan fingerprint density at radius 2 is 1.97 bits per heavy atom. The number of nitrogens with two attached hydrogens (primary N) is 2. The van der Waals surface area contributed by atoms with Crippen LogP contribution in [0.3, 0.4) is 0 Å². The smallest absolute Gasteiger partial charge is 0.346 e. The van der Waals surface area contributed by atoms with Crippen molar-refractivity contribution < 1.29 is 34.2 Å². The summed E-state index contributed by atoms with van der Waals surface area (Å²) in [6.07, 6.45) is -1.82. The fourth-order valence-corrected chi connectivity index (χ4v) is 4.22. The molecule has 1 aromatic carbocycles. The van der Waals surface area contributed by atoms with Gasteiger partial charge in [0, 0.05) is 0 Å². The largest absolute Gasteiger partial charge is 0.481 e. The standard InChI is InChI=1S/C17H20N6O6/c18-14-21-12-9(6-11(24)25)20-15(19)23-7-10(17(27,28)16(12,23)22-14)29-13(26)8-4-2-1-3-5-8/h1-5,9-10,12,27-28H,6-7H2,(H6,18,19,20,21,22,24,25)/p+1/t9-,10-,12?,16?/m0/s1. The molecule has 12 nitrogen and oxygen atoms in total. The zero-order valence-electron chi connectivity index (χ0n) is 15.1. The molecular weight excluding hydrogens is 384 g/mol. The molecule has 3 aliphatic rings. The number of hydrogen-bond acceptors (Lipinski definition) is 10. The zero-order valence-corrected chi connectivity index (χ0v) is 15.1. The van der Waals surface area contributed by atoms with E-state index in [-0.39, 0.29) is 24.0 Å². The molecule has 154 valence electrons. The minimum absolute atomic E-state index is 0.0179. The van der Waals surface area contributed by atoms with Crippen molar-refractivity contribution in [3.05, 3.63) is 35.9 Å². The number of aliphatic imine (C=N–C) groups is 1. The zero-order chi connectivity index (χ0) is 21.0. The molecule has 0 amide bonds. The Morgan fingerprint density at radius 1 is 1.28 bits per heavy atom. The van der Waals surface area contributed by atoms with Crippen LogP contribution in [0.5, 0.6) is 0 Å². The fraction of sp³-hybridized carbons (Fsp3) is 0.412. The lowest BCUT2D eigenvalue weighted by molar-refractivity contribution is -0.623. The number of aliphatic hydroxyl groups is 2. The van der Waals surface area contributed by atoms with Crippen LogP contribution in [0.2, 0.25) is 0 Å². The van der Waals surface area contributed by atoms with Gasteiger partial charge in [-0.2, -0.15) is 0 Å². The first-order valence-corrected chi connectivity index (χ1v) is 8.87. The van der Waals surface area contributed by atoms with Crippen LogP contribution in [-0.4, -0.2) is 79.9 Å². The highest BCUT2D eigenvalue weighted by Gasteiger charge is 2.76. The van der Waals surface area contributed by atoms with E-state index >= 15 is 0 Å². The minimum atomic E-state index is -2.68. The Bertz CT molecular complexity index is 932. The highest BCUT2D eigenvalue weighted by molar-refractivity contribution is 5.89. The summed E-state index contributed by atoms with van der Waals surface area (Å²) >= 11 is 0. The molecule has 3 aliphatic heterocycles. The Morgan fingerprint density at radius 3 is 2.62 bits per heavy atom. The molecule has 29 heavy (non-hydrogen) atoms. The van der Waals surface area contributed by atoms with Gasteiger partial charge >= 0.3 is 17.9 Å². The van der Waals surface area contributed by atoms with Gasteiger partial charge in [0.2, 0.25) is 5.66 Å². The average molecular weight is 405 g/mol. The third kappa shape index (κ3) is 2.68. The lowest BCUT2D eigenvalue weighted by Crippen LogP contribution is -2.78. The van der Waals surface area contributed by atoms with Gasteiger partial charge in [0.25, 0.3) is 5.79 Å². The first kappa shape index (κ1) is 19.0. The van der Waals surface area contributed by atoms with Crippen LogP contribution in [-0.2, 0) is 9.53 Å². The predicted octanol–water partition coefficient (Wildman–Crippen LogP) is -3.34. The summed E-state index contributed by atoms with van der Waals surface area (Å²) in [5.74, 6) is -4.71. The molecule has 1 fully saturated rings. The number of rotatable bonds is 4. The highest BCUT2D eigenvalue weighted by atomic mass is 16.6. The van der Waals surface area contributed by atoms with Crippen molar-refractivity contribution in [1.82, 2.24) is 10.6 Å². The number of nitrogens with zero attached hydrogens (tertiary/aromatic N) is 2. The van der Waals surface area contributed by atoms with Gasteiger partial charge in [-0.25, -0.2) is 14.4 Å². The third-order valence-electron chi connectivity index (χ3n) is 5.47. The van der Waals surface area contributed by atoms with Crippen molar-refractivity contribution in [1.29, 1.82) is 0 Å². The first-order chi connectivity index (χ1) is 13.7. The van der Waals surface area contributed by atoms with E-state index in [9.17, 15) is 24.9 Å². The Hall–Kier alpha value is -3.38. The monoisotopic (exact) mass is 405 g/mol. The molecule has 12 heteroatoms. The number of hydrogen-bond donors (Lipinski definition) is 7. The van der Waals surface area contributed by atoms with Crippen molar-refractivity contribution in [3.8, 4) is 0 Å². The minimum Gasteiger partial charge on any atom is -0.481 e. The maximum Gasteiger partial charge on any atom is 0.346 e. The second-order valence-electron chi connectivity index (χ2n) is 7.18. The number of carboxylic acid groups (broad SMARTS) is 1. The summed E-state index contributed by atoms with van der Waals surface area (Å²) in [5.41, 5.74) is 10.3. The Balaban J connectivity index is 1.71. The summed E-state index contributed by atoms with van der Waals surface area (Å²) < 4.78 is 6.73. The van der Waals surface area contributed by atoms with Gasteiger partial charge in [0.1, 0.15) is 18.6 Å². The molecule has 0 aliphatic carbocycles. The predicted molar refractivity (Wildman–Crippen MR) is 97.6 cm³/mol. The summed E-state index contributed by atoms with van der Waals surface area (Å²) in [6.45, 7) is -0.184. The molecule has 0 bridgehead atoms. The van der Waals surface area contributed by atoms with Crippen molar-refractivity contribution in [2.24, 2.45) is 16.5 Å². The van der Waals surface area contributed by atoms with Crippen LogP contribution < -0.4 is 22.1 Å². The van der Waals surface area contributed by atoms with E-state index < -0.39 is 48.0 Å². The van der Waals surface area contributed by atoms with E-state index in [1.165, 1.54) is 16.7 Å². The summed E-state index contributed by atoms with van der Waals surface area (Å²) in [6, 6.07) is 6.18. The molecular formula is C17H21N6O6+. The second-order valence-corrected chi connectivity index (χ2v) is 7.18. The van der Waals surface area contributed by atoms with E-state index in [1.807, 2.05) is 0 Å². The SMILES string of the molecule is NC1=NC2[C@H](CC(=O)O)NC(N)=[N+]3C[C@H](OC(=O)c4ccccc4)C(O)(O)C23N1. The molecule has 4 rings (SSSR count). The number of carbonyl (C=O) groups excluding carboxylic acids is 1. The number of guanidine groups is 2. The number of nitrogens with one attached hydrogen (secondary N) is 2. The second kappa shape index (κ2) is 6.32. The number of esters is 1. The molecule has 0 radical (unpaired) electrons. The maximum absolute atomic E-state index is 12.5. The van der Waals surface area contributed by atoms with Crippen molar-refractivity contribution >= 4 is 23.9 Å². The van der Waals surface area contributed by atoms with Gasteiger partial charge in [-0.05, 0) is 12.1 Å². The van der Waals surface area contributed by atoms with Crippen LogP contribution in [0.1, 0.15) is 16.8 Å². The number of carbonyl (C=O) groups is 2. The average Bonchev–Trinajstić information content (AvgIpc) is 3.12. The van der Waals surface area contributed by atoms with Crippen molar-refractivity contribution in [2.45, 2.75) is 36.1 Å². The summed E-state index contributed by atoms with van der Waals surface area (Å²) in [4.78, 5) is 27.9. The van der Waals surface area contributed by atoms with Gasteiger partial charge in [0.05, 0.1) is 12.0 Å². The molecule has 4 atom stereocenters. The maximum atomic E-state index is 12.5. The molecule has 1 aromatic rings. The summed E-state index contributed by atoms with van der Waals surface area (Å²) in [7, 11) is 0. The van der Waals surface area contributed by atoms with Gasteiger partial charge in [-0.15, -0.1) is 0 Å². The van der Waals surface area contributed by atoms with E-state index in [4.69, 9.17) is 16.2 Å². The Kier molecular flexibility index (Phi) is 4.13. The van der Waals surface area contributed by atoms with E-state index in [0.29, 0.717) is 0 Å². The van der Waals surface area contributed by atoms with E-state index in [0.717, 1.165) is 0 Å². The van der Waals surface area contributed by atoms with Gasteiger partial charge < -0.3 is 31.1 Å². The molecule has 2 unspecified atom stereocenters. The van der Waals surface area contributed by atoms with Gasteiger partial charge in [-0.1, -0.05) is 18.2 Å². The van der Waals surface area contributed by atoms with Gasteiger partial charge in [-0.3, -0.25) is 15.8 Å². The third-order valence-corrected chi connectivity index (χ3v) is 5.47. The molecule has 1 saturated heterocycles. The van der Waals surface area contributed by atoms with E-state index in [1.54, 1.807) is 18.2 Å². The number of aliphatic carboxylic acids is 1. The molecule has 0 saturated carbocycles. The highest BCUT2D eigenvalue weighted by Crippen LogP contribution is 2.43. The molecule has 3 heterocycles. The quantitative estimate of drug-likeness (QED) is 0.151. The van der Waals surface area contributed by atoms with Crippen LogP contribution in [0.15, 0.2) is 35.3 Å². The topological polar surface area (TPSA) is 196 Å². The first-order valence-electron chi connectivity index (χ1n) is 8.87. The van der Waals surface area contributed by atoms with Crippen molar-refractivity contribution in [3.63, 3.8) is 0 Å². The van der Waals surface area contributed by atoms with Gasteiger partial charge in [0.15, 0.2) is 12.1 Å². The normalized spacial score (nSPS) is 31.8. The van der Waals surface area contributed by atoms with Crippen LogP contribution in [0, 0.1) is 0 Å². The van der Waals surface area contributed by atoms with Crippen LogP contribution in [0.25, 0.3) is 0 Å². The molecule has 9 N–H and O–H groups in total. The lowest BCUT2D eigenvalue weighted by atomic mass is 9.85. The van der Waals surface area contributed by atoms with E-state index in [2.05, 4.69) is 15.6 Å². The van der Waals surface area contributed by atoms with Crippen molar-refractivity contribution in [2.75, 3.05) is 6.54 Å².